The first-order chi connectivity index (χ1) is 10.4. The summed E-state index contributed by atoms with van der Waals surface area (Å²) >= 11 is 0. The topological polar surface area (TPSA) is 32.3 Å². The van der Waals surface area contributed by atoms with Crippen LogP contribution in [-0.4, -0.2) is 23.6 Å². The zero-order valence-electron chi connectivity index (χ0n) is 11.9. The Morgan fingerprint density at radius 3 is 2.41 bits per heavy atom. The standard InChI is InChI=1S/C16H15F3N2O/c1-10-6-7-13(12-5-3-2-4-11(10)12)15(16(17,18)19)21-9-8-14(22)20-21/h2-7,15H,8-9H2,1H3,(H,20,22). The number of halogens is 3. The molecule has 1 atom stereocenters. The van der Waals surface area contributed by atoms with Gasteiger partial charge in [0.05, 0.1) is 0 Å². The third kappa shape index (κ3) is 2.54. The van der Waals surface area contributed by atoms with Crippen molar-refractivity contribution in [1.82, 2.24) is 10.4 Å². The number of aryl methyl sites for hydroxylation is 1. The highest BCUT2D eigenvalue weighted by Crippen LogP contribution is 2.41. The predicted molar refractivity (Wildman–Crippen MR) is 76.9 cm³/mol. The summed E-state index contributed by atoms with van der Waals surface area (Å²) in [6.07, 6.45) is -4.40. The lowest BCUT2D eigenvalue weighted by Gasteiger charge is -2.30. The molecular weight excluding hydrogens is 293 g/mol. The maximum atomic E-state index is 13.6. The number of amides is 1. The zero-order valence-corrected chi connectivity index (χ0v) is 11.9. The molecule has 3 nitrogen and oxygen atoms in total. The molecule has 6 heteroatoms. The average Bonchev–Trinajstić information content (AvgIpc) is 2.87. The molecule has 1 amide bonds. The Balaban J connectivity index is 2.17. The molecule has 0 aromatic heterocycles. The Morgan fingerprint density at radius 1 is 1.14 bits per heavy atom. The highest BCUT2D eigenvalue weighted by Gasteiger charge is 2.47. The van der Waals surface area contributed by atoms with Crippen LogP contribution < -0.4 is 5.43 Å². The van der Waals surface area contributed by atoms with Crippen LogP contribution >= 0.6 is 0 Å². The molecule has 2 aromatic carbocycles. The van der Waals surface area contributed by atoms with Gasteiger partial charge in [0, 0.05) is 13.0 Å². The van der Waals surface area contributed by atoms with Crippen molar-refractivity contribution in [2.45, 2.75) is 25.6 Å². The van der Waals surface area contributed by atoms with Gasteiger partial charge in [0.25, 0.3) is 0 Å². The number of hydrogen-bond acceptors (Lipinski definition) is 2. The Kier molecular flexibility index (Phi) is 3.56. The molecule has 2 aromatic rings. The van der Waals surface area contributed by atoms with Gasteiger partial charge < -0.3 is 0 Å². The molecular formula is C16H15F3N2O. The largest absolute Gasteiger partial charge is 0.409 e. The minimum Gasteiger partial charge on any atom is -0.288 e. The molecule has 1 saturated heterocycles. The summed E-state index contributed by atoms with van der Waals surface area (Å²) in [4.78, 5) is 11.3. The van der Waals surface area contributed by atoms with Gasteiger partial charge in [-0.1, -0.05) is 36.4 Å². The maximum Gasteiger partial charge on any atom is 0.409 e. The first-order valence-electron chi connectivity index (χ1n) is 6.99. The van der Waals surface area contributed by atoms with Crippen LogP contribution in [0.2, 0.25) is 0 Å². The van der Waals surface area contributed by atoms with Crippen LogP contribution in [0.3, 0.4) is 0 Å². The minimum atomic E-state index is -4.48. The van der Waals surface area contributed by atoms with E-state index in [4.69, 9.17) is 0 Å². The number of nitrogens with zero attached hydrogens (tertiary/aromatic N) is 1. The number of hydrogen-bond donors (Lipinski definition) is 1. The SMILES string of the molecule is Cc1ccc(C(N2CCC(=O)N2)C(F)(F)F)c2ccccc12. The first-order valence-corrected chi connectivity index (χ1v) is 6.99. The summed E-state index contributed by atoms with van der Waals surface area (Å²) < 4.78 is 40.9. The second-order valence-electron chi connectivity index (χ2n) is 5.44. The molecule has 0 saturated carbocycles. The van der Waals surface area contributed by atoms with E-state index in [0.29, 0.717) is 5.39 Å². The summed E-state index contributed by atoms with van der Waals surface area (Å²) in [5.74, 6) is -0.384. The molecule has 0 bridgehead atoms. The van der Waals surface area contributed by atoms with Crippen molar-refractivity contribution < 1.29 is 18.0 Å². The molecule has 1 unspecified atom stereocenters. The van der Waals surface area contributed by atoms with Gasteiger partial charge in [0.15, 0.2) is 6.04 Å². The Labute approximate surface area is 125 Å². The number of fused-ring (bicyclic) bond motifs is 1. The lowest BCUT2D eigenvalue weighted by atomic mass is 9.95. The fourth-order valence-electron chi connectivity index (χ4n) is 2.92. The van der Waals surface area contributed by atoms with Crippen molar-refractivity contribution in [3.8, 4) is 0 Å². The monoisotopic (exact) mass is 308 g/mol. The van der Waals surface area contributed by atoms with E-state index in [1.165, 1.54) is 6.07 Å². The third-order valence-corrected chi connectivity index (χ3v) is 3.94. The first kappa shape index (κ1) is 14.8. The van der Waals surface area contributed by atoms with Crippen LogP contribution in [0.25, 0.3) is 10.8 Å². The Hall–Kier alpha value is -2.08. The van der Waals surface area contributed by atoms with Crippen molar-refractivity contribution in [3.63, 3.8) is 0 Å². The van der Waals surface area contributed by atoms with Gasteiger partial charge in [0.1, 0.15) is 0 Å². The molecule has 1 aliphatic rings. The Bertz CT molecular complexity index is 727. The molecule has 0 radical (unpaired) electrons. The second kappa shape index (κ2) is 5.28. The van der Waals surface area contributed by atoms with E-state index < -0.39 is 12.2 Å². The van der Waals surface area contributed by atoms with Gasteiger partial charge in [-0.15, -0.1) is 0 Å². The van der Waals surface area contributed by atoms with Crippen molar-refractivity contribution in [1.29, 1.82) is 0 Å². The molecule has 1 N–H and O–H groups in total. The lowest BCUT2D eigenvalue weighted by Crippen LogP contribution is -2.43. The van der Waals surface area contributed by atoms with Crippen LogP contribution in [0.4, 0.5) is 13.2 Å². The summed E-state index contributed by atoms with van der Waals surface area (Å²) in [7, 11) is 0. The number of alkyl halides is 3. The van der Waals surface area contributed by atoms with Gasteiger partial charge in [-0.2, -0.15) is 13.2 Å². The fourth-order valence-corrected chi connectivity index (χ4v) is 2.92. The van der Waals surface area contributed by atoms with Crippen molar-refractivity contribution in [3.05, 3.63) is 47.5 Å². The van der Waals surface area contributed by atoms with Crippen molar-refractivity contribution in [2.75, 3.05) is 6.54 Å². The highest BCUT2D eigenvalue weighted by molar-refractivity contribution is 5.89. The molecule has 1 fully saturated rings. The van der Waals surface area contributed by atoms with Crippen LogP contribution in [-0.2, 0) is 4.79 Å². The molecule has 1 aliphatic heterocycles. The third-order valence-electron chi connectivity index (χ3n) is 3.94. The van der Waals surface area contributed by atoms with Gasteiger partial charge in [0.2, 0.25) is 5.91 Å². The quantitative estimate of drug-likeness (QED) is 0.921. The van der Waals surface area contributed by atoms with E-state index >= 15 is 0 Å². The maximum absolute atomic E-state index is 13.6. The van der Waals surface area contributed by atoms with Gasteiger partial charge in [-0.3, -0.25) is 10.2 Å². The van der Waals surface area contributed by atoms with Crippen LogP contribution in [0.15, 0.2) is 36.4 Å². The number of rotatable bonds is 2. The highest BCUT2D eigenvalue weighted by atomic mass is 19.4. The van der Waals surface area contributed by atoms with E-state index in [-0.39, 0.29) is 24.4 Å². The number of carbonyl (C=O) groups excluding carboxylic acids is 1. The normalized spacial score (nSPS) is 17.7. The summed E-state index contributed by atoms with van der Waals surface area (Å²) in [6.45, 7) is 1.91. The van der Waals surface area contributed by atoms with Gasteiger partial charge in [-0.25, -0.2) is 5.01 Å². The molecule has 0 aliphatic carbocycles. The molecule has 3 rings (SSSR count). The molecule has 116 valence electrons. The lowest BCUT2D eigenvalue weighted by molar-refractivity contribution is -0.190. The van der Waals surface area contributed by atoms with Crippen LogP contribution in [0.1, 0.15) is 23.6 Å². The molecule has 0 spiro atoms. The van der Waals surface area contributed by atoms with E-state index in [2.05, 4.69) is 5.43 Å². The van der Waals surface area contributed by atoms with Crippen LogP contribution in [0.5, 0.6) is 0 Å². The second-order valence-corrected chi connectivity index (χ2v) is 5.44. The van der Waals surface area contributed by atoms with E-state index in [1.807, 2.05) is 13.0 Å². The summed E-state index contributed by atoms with van der Waals surface area (Å²) in [6, 6.07) is 8.37. The molecule has 1 heterocycles. The number of benzene rings is 2. The van der Waals surface area contributed by atoms with E-state index in [0.717, 1.165) is 16.0 Å². The fraction of sp³-hybridized carbons (Fsp3) is 0.312. The molecule has 22 heavy (non-hydrogen) atoms. The number of carbonyl (C=O) groups is 1. The van der Waals surface area contributed by atoms with E-state index in [9.17, 15) is 18.0 Å². The number of hydrazine groups is 1. The minimum absolute atomic E-state index is 0.0468. The number of nitrogens with one attached hydrogen (secondary N) is 1. The zero-order chi connectivity index (χ0) is 15.9. The van der Waals surface area contributed by atoms with E-state index in [1.54, 1.807) is 24.3 Å². The predicted octanol–water partition coefficient (Wildman–Crippen LogP) is 3.49. The smallest absolute Gasteiger partial charge is 0.288 e. The average molecular weight is 308 g/mol. The van der Waals surface area contributed by atoms with Gasteiger partial charge in [-0.05, 0) is 28.8 Å². The summed E-state index contributed by atoms with van der Waals surface area (Å²) in [5, 5.41) is 2.34. The van der Waals surface area contributed by atoms with Crippen LogP contribution in [0, 0.1) is 6.92 Å². The van der Waals surface area contributed by atoms with Crippen molar-refractivity contribution in [2.24, 2.45) is 0 Å². The van der Waals surface area contributed by atoms with Crippen molar-refractivity contribution >= 4 is 16.7 Å². The summed E-state index contributed by atoms with van der Waals surface area (Å²) in [5.41, 5.74) is 3.40. The van der Waals surface area contributed by atoms with Gasteiger partial charge >= 0.3 is 6.18 Å². The Morgan fingerprint density at radius 2 is 1.82 bits per heavy atom.